The number of hydrogen-bond acceptors (Lipinski definition) is 4. The number of rotatable bonds is 17. The molecule has 1 heterocycles. The van der Waals surface area contributed by atoms with Gasteiger partial charge in [-0.2, -0.15) is 0 Å². The number of nitrogens with zero attached hydrogens (tertiary/aromatic N) is 2. The van der Waals surface area contributed by atoms with E-state index in [-0.39, 0.29) is 30.5 Å². The van der Waals surface area contributed by atoms with Crippen LogP contribution in [0.1, 0.15) is 97.5 Å². The number of halogens is 2. The summed E-state index contributed by atoms with van der Waals surface area (Å²) in [6.45, 7) is 2.91. The molecule has 42 heavy (non-hydrogen) atoms. The first-order chi connectivity index (χ1) is 20.0. The highest BCUT2D eigenvalue weighted by Crippen LogP contribution is 2.28. The van der Waals surface area contributed by atoms with Gasteiger partial charge in [-0.05, 0) is 36.8 Å². The third kappa shape index (κ3) is 10.9. The van der Waals surface area contributed by atoms with Crippen molar-refractivity contribution in [3.05, 3.63) is 88.7 Å². The van der Waals surface area contributed by atoms with Gasteiger partial charge in [-0.25, -0.2) is 4.57 Å². The number of aryl methyl sites for hydroxylation is 1. The fraction of sp³-hybridized carbons (Fsp3) is 0.441. The maximum absolute atomic E-state index is 13.8. The van der Waals surface area contributed by atoms with Crippen molar-refractivity contribution in [2.75, 3.05) is 13.7 Å². The fourth-order valence-corrected chi connectivity index (χ4v) is 5.00. The number of benzene rings is 2. The number of methoxy groups -OCH3 is 1. The number of unbranched alkanes of at least 4 members (excludes halogenated alkanes) is 9. The van der Waals surface area contributed by atoms with Gasteiger partial charge in [0.15, 0.2) is 6.20 Å². The van der Waals surface area contributed by atoms with Crippen molar-refractivity contribution in [1.29, 1.82) is 0 Å². The zero-order chi connectivity index (χ0) is 29.5. The van der Waals surface area contributed by atoms with Gasteiger partial charge in [0.2, 0.25) is 5.69 Å². The van der Waals surface area contributed by atoms with Crippen LogP contribution < -0.4 is 38.0 Å². The summed E-state index contributed by atoms with van der Waals surface area (Å²) in [5.41, 5.74) is 1.42. The smallest absolute Gasteiger partial charge is 0.265 e. The van der Waals surface area contributed by atoms with Crippen LogP contribution in [-0.2, 0) is 13.6 Å². The molecule has 0 fully saturated rings. The van der Waals surface area contributed by atoms with E-state index in [2.05, 4.69) is 6.92 Å². The molecule has 0 spiro atoms. The summed E-state index contributed by atoms with van der Waals surface area (Å²) in [6, 6.07) is 17.5. The Morgan fingerprint density at radius 3 is 2.10 bits per heavy atom. The zero-order valence-corrected chi connectivity index (χ0v) is 28.0. The normalized spacial score (nSPS) is 10.6. The van der Waals surface area contributed by atoms with Gasteiger partial charge in [0.1, 0.15) is 25.1 Å². The van der Waals surface area contributed by atoms with Gasteiger partial charge in [-0.3, -0.25) is 14.5 Å². The molecule has 0 atom stereocenters. The van der Waals surface area contributed by atoms with Gasteiger partial charge in [0.25, 0.3) is 11.8 Å². The Morgan fingerprint density at radius 2 is 1.45 bits per heavy atom. The molecule has 0 bridgehead atoms. The largest absolute Gasteiger partial charge is 1.00 e. The molecule has 1 aromatic heterocycles. The third-order valence-corrected chi connectivity index (χ3v) is 7.54. The zero-order valence-electron chi connectivity index (χ0n) is 25.1. The molecule has 2 aromatic carbocycles. The van der Waals surface area contributed by atoms with Gasteiger partial charge in [-0.1, -0.05) is 94.5 Å². The summed E-state index contributed by atoms with van der Waals surface area (Å²) in [5, 5.41) is 0.345. The number of hydrogen-bond donors (Lipinski definition) is 0. The molecule has 228 valence electrons. The summed E-state index contributed by atoms with van der Waals surface area (Å²) < 4.78 is 13.2. The van der Waals surface area contributed by atoms with Crippen LogP contribution in [0, 0.1) is 0 Å². The van der Waals surface area contributed by atoms with Crippen LogP contribution in [-0.4, -0.2) is 30.4 Å². The molecule has 0 aliphatic carbocycles. The minimum atomic E-state index is -0.451. The van der Waals surface area contributed by atoms with E-state index >= 15 is 0 Å². The van der Waals surface area contributed by atoms with Crippen molar-refractivity contribution in [3.63, 3.8) is 0 Å². The second-order valence-corrected chi connectivity index (χ2v) is 10.8. The first-order valence-electron chi connectivity index (χ1n) is 14.8. The molecular formula is C34H44ClIN2O4. The highest BCUT2D eigenvalue weighted by atomic mass is 127. The highest BCUT2D eigenvalue weighted by molar-refractivity contribution is 6.32. The Balaban J connectivity index is 0.00000616. The van der Waals surface area contributed by atoms with Crippen LogP contribution in [0.2, 0.25) is 5.02 Å². The Labute approximate surface area is 273 Å². The number of aromatic nitrogens is 1. The molecule has 0 saturated heterocycles. The standard InChI is InChI=1S/C34H44ClN2O4.HI/c1-4-5-6-7-8-9-10-11-12-17-24-41-32-22-21-27(25-30(32)35)33(38)37(26-28-18-15-16-23-36(28)2)34(39)29-19-13-14-20-31(29)40-3;/h13-16,18-23,25H,4-12,17,24,26H2,1-3H3;1H/q+1;/p-1. The van der Waals surface area contributed by atoms with E-state index in [9.17, 15) is 9.59 Å². The third-order valence-electron chi connectivity index (χ3n) is 7.24. The molecule has 3 rings (SSSR count). The first-order valence-corrected chi connectivity index (χ1v) is 15.2. The van der Waals surface area contributed by atoms with Crippen LogP contribution >= 0.6 is 11.6 Å². The molecule has 0 N–H and O–H groups in total. The minimum absolute atomic E-state index is 0. The number of pyridine rings is 1. The molecule has 0 unspecified atom stereocenters. The lowest BCUT2D eigenvalue weighted by Gasteiger charge is -2.21. The Kier molecular flexibility index (Phi) is 16.5. The SMILES string of the molecule is CCCCCCCCCCCCOc1ccc(C(=O)N(Cc2cccc[n+]2C)C(=O)c2ccccc2OC)cc1Cl.[I-]. The van der Waals surface area contributed by atoms with Crippen molar-refractivity contribution in [3.8, 4) is 11.5 Å². The van der Waals surface area contributed by atoms with Crippen molar-refractivity contribution >= 4 is 23.4 Å². The number of carbonyl (C=O) groups excluding carboxylic acids is 2. The van der Waals surface area contributed by atoms with Gasteiger partial charge in [-0.15, -0.1) is 0 Å². The summed E-state index contributed by atoms with van der Waals surface area (Å²) in [6.07, 6.45) is 14.4. The number of para-hydroxylation sites is 1. The molecule has 3 aromatic rings. The number of imide groups is 1. The van der Waals surface area contributed by atoms with Gasteiger partial charge >= 0.3 is 0 Å². The lowest BCUT2D eigenvalue weighted by atomic mass is 10.1. The summed E-state index contributed by atoms with van der Waals surface area (Å²) in [5.74, 6) is 0.0410. The lowest BCUT2D eigenvalue weighted by Crippen LogP contribution is -3.00. The molecule has 6 nitrogen and oxygen atoms in total. The van der Waals surface area contributed by atoms with E-state index in [0.29, 0.717) is 34.3 Å². The van der Waals surface area contributed by atoms with Gasteiger partial charge < -0.3 is 33.5 Å². The second kappa shape index (κ2) is 19.5. The van der Waals surface area contributed by atoms with E-state index < -0.39 is 11.8 Å². The Bertz CT molecular complexity index is 1270. The van der Waals surface area contributed by atoms with Crippen molar-refractivity contribution in [2.45, 2.75) is 77.7 Å². The van der Waals surface area contributed by atoms with Crippen LogP contribution in [0.5, 0.6) is 11.5 Å². The molecule has 0 aliphatic heterocycles. The van der Waals surface area contributed by atoms with Gasteiger partial charge in [0.05, 0.1) is 24.3 Å². The highest BCUT2D eigenvalue weighted by Gasteiger charge is 2.29. The monoisotopic (exact) mass is 706 g/mol. The van der Waals surface area contributed by atoms with Crippen LogP contribution in [0.25, 0.3) is 0 Å². The second-order valence-electron chi connectivity index (χ2n) is 10.4. The summed E-state index contributed by atoms with van der Waals surface area (Å²) in [7, 11) is 3.38. The van der Waals surface area contributed by atoms with Gasteiger partial charge in [0, 0.05) is 17.7 Å². The molecule has 0 saturated carbocycles. The fourth-order valence-electron chi connectivity index (χ4n) is 4.77. The minimum Gasteiger partial charge on any atom is -1.00 e. The summed E-state index contributed by atoms with van der Waals surface area (Å²) >= 11 is 6.54. The van der Waals surface area contributed by atoms with Crippen LogP contribution in [0.4, 0.5) is 0 Å². The average molecular weight is 707 g/mol. The Hall–Kier alpha value is -2.65. The van der Waals surface area contributed by atoms with E-state index in [4.69, 9.17) is 21.1 Å². The number of carbonyl (C=O) groups is 2. The van der Waals surface area contributed by atoms with Crippen LogP contribution in [0.15, 0.2) is 66.9 Å². The Morgan fingerprint density at radius 1 is 0.810 bits per heavy atom. The number of ether oxygens (including phenoxy) is 2. The topological polar surface area (TPSA) is 59.7 Å². The lowest BCUT2D eigenvalue weighted by molar-refractivity contribution is -0.679. The maximum atomic E-state index is 13.8. The molecule has 0 aliphatic rings. The summed E-state index contributed by atoms with van der Waals surface area (Å²) in [4.78, 5) is 28.7. The van der Waals surface area contributed by atoms with Crippen molar-refractivity contribution in [1.82, 2.24) is 4.90 Å². The average Bonchev–Trinajstić information content (AvgIpc) is 2.99. The first kappa shape index (κ1) is 35.5. The van der Waals surface area contributed by atoms with E-state index in [0.717, 1.165) is 18.5 Å². The predicted octanol–water partition coefficient (Wildman–Crippen LogP) is 4.96. The quantitative estimate of drug-likeness (QED) is 0.0863. The molecule has 2 amide bonds. The molecular weight excluding hydrogens is 663 g/mol. The number of amides is 2. The van der Waals surface area contributed by atoms with Crippen LogP contribution in [0.3, 0.4) is 0 Å². The van der Waals surface area contributed by atoms with Crippen molar-refractivity contribution < 1.29 is 47.6 Å². The van der Waals surface area contributed by atoms with E-state index in [1.54, 1.807) is 42.5 Å². The van der Waals surface area contributed by atoms with E-state index in [1.165, 1.54) is 63.4 Å². The maximum Gasteiger partial charge on any atom is 0.265 e. The molecule has 0 radical (unpaired) electrons. The molecule has 8 heteroatoms. The predicted molar refractivity (Wildman–Crippen MR) is 164 cm³/mol. The van der Waals surface area contributed by atoms with E-state index in [1.807, 2.05) is 36.0 Å². The van der Waals surface area contributed by atoms with Crippen molar-refractivity contribution in [2.24, 2.45) is 7.05 Å².